The molecular formula is C15H22ClNO3. The van der Waals surface area contributed by atoms with E-state index in [1.807, 2.05) is 24.3 Å². The molecule has 0 saturated carbocycles. The van der Waals surface area contributed by atoms with Crippen molar-refractivity contribution in [2.45, 2.75) is 32.2 Å². The van der Waals surface area contributed by atoms with Gasteiger partial charge in [-0.15, -0.1) is 0 Å². The molecule has 0 saturated heterocycles. The molecule has 1 aromatic rings. The fraction of sp³-hybridized carbons (Fsp3) is 0.533. The first-order chi connectivity index (χ1) is 9.65. The molecule has 112 valence electrons. The smallest absolute Gasteiger partial charge is 0.319 e. The summed E-state index contributed by atoms with van der Waals surface area (Å²) in [6.07, 6.45) is 2.29. The third-order valence-corrected chi connectivity index (χ3v) is 3.20. The van der Waals surface area contributed by atoms with Gasteiger partial charge >= 0.3 is 5.97 Å². The van der Waals surface area contributed by atoms with Crippen LogP contribution in [0.5, 0.6) is 0 Å². The highest BCUT2D eigenvalue weighted by Gasteiger charge is 2.11. The molecule has 0 bridgehead atoms. The zero-order valence-electron chi connectivity index (χ0n) is 11.8. The lowest BCUT2D eigenvalue weighted by molar-refractivity contribution is -0.142. The standard InChI is InChI=1S/C15H22ClNO3/c1-2-20-15(19)11-17-14(4-3-9-18)10-12-5-7-13(16)8-6-12/h5-8,14,17-18H,2-4,9-11H2,1H3. The Balaban J connectivity index is 2.50. The molecule has 2 N–H and O–H groups in total. The van der Waals surface area contributed by atoms with E-state index >= 15 is 0 Å². The van der Waals surface area contributed by atoms with Crippen LogP contribution in [0.15, 0.2) is 24.3 Å². The molecule has 0 aliphatic carbocycles. The van der Waals surface area contributed by atoms with E-state index in [-0.39, 0.29) is 25.2 Å². The summed E-state index contributed by atoms with van der Waals surface area (Å²) in [6.45, 7) is 2.52. The number of rotatable bonds is 9. The summed E-state index contributed by atoms with van der Waals surface area (Å²) >= 11 is 5.86. The molecule has 1 rings (SSSR count). The predicted octanol–water partition coefficient (Wildman–Crippen LogP) is 2.18. The van der Waals surface area contributed by atoms with Gasteiger partial charge in [0.15, 0.2) is 0 Å². The molecule has 0 heterocycles. The number of aliphatic hydroxyl groups is 1. The quantitative estimate of drug-likeness (QED) is 0.686. The van der Waals surface area contributed by atoms with Gasteiger partial charge in [-0.1, -0.05) is 23.7 Å². The Hall–Kier alpha value is -1.10. The summed E-state index contributed by atoms with van der Waals surface area (Å²) < 4.78 is 4.89. The number of hydrogen-bond acceptors (Lipinski definition) is 4. The van der Waals surface area contributed by atoms with Crippen LogP contribution >= 0.6 is 11.6 Å². The number of ether oxygens (including phenoxy) is 1. The van der Waals surface area contributed by atoms with E-state index in [0.717, 1.165) is 18.4 Å². The maximum atomic E-state index is 11.4. The molecule has 0 aliphatic heterocycles. The summed E-state index contributed by atoms with van der Waals surface area (Å²) in [6, 6.07) is 7.78. The minimum atomic E-state index is -0.252. The van der Waals surface area contributed by atoms with E-state index < -0.39 is 0 Å². The largest absolute Gasteiger partial charge is 0.465 e. The second kappa shape index (κ2) is 9.75. The van der Waals surface area contributed by atoms with Crippen LogP contribution in [0.3, 0.4) is 0 Å². The molecule has 0 amide bonds. The van der Waals surface area contributed by atoms with Crippen molar-refractivity contribution in [1.82, 2.24) is 5.32 Å². The molecule has 0 aromatic heterocycles. The number of halogens is 1. The molecule has 1 atom stereocenters. The summed E-state index contributed by atoms with van der Waals surface area (Å²) in [5.74, 6) is -0.252. The van der Waals surface area contributed by atoms with E-state index in [2.05, 4.69) is 5.32 Å². The minimum Gasteiger partial charge on any atom is -0.465 e. The average molecular weight is 300 g/mol. The molecule has 4 nitrogen and oxygen atoms in total. The van der Waals surface area contributed by atoms with Gasteiger partial charge < -0.3 is 15.2 Å². The maximum absolute atomic E-state index is 11.4. The van der Waals surface area contributed by atoms with Crippen LogP contribution in [0.4, 0.5) is 0 Å². The van der Waals surface area contributed by atoms with Crippen LogP contribution in [0.1, 0.15) is 25.3 Å². The lowest BCUT2D eigenvalue weighted by atomic mass is 10.0. The summed E-state index contributed by atoms with van der Waals surface area (Å²) in [7, 11) is 0. The van der Waals surface area contributed by atoms with Crippen LogP contribution in [-0.2, 0) is 16.0 Å². The Morgan fingerprint density at radius 3 is 2.70 bits per heavy atom. The zero-order chi connectivity index (χ0) is 14.8. The number of aliphatic hydroxyl groups excluding tert-OH is 1. The summed E-state index contributed by atoms with van der Waals surface area (Å²) in [4.78, 5) is 11.4. The highest BCUT2D eigenvalue weighted by atomic mass is 35.5. The van der Waals surface area contributed by atoms with E-state index in [9.17, 15) is 4.79 Å². The Kier molecular flexibility index (Phi) is 8.26. The topological polar surface area (TPSA) is 58.6 Å². The van der Waals surface area contributed by atoms with Crippen molar-refractivity contribution >= 4 is 17.6 Å². The lowest BCUT2D eigenvalue weighted by Gasteiger charge is -2.18. The molecule has 0 fully saturated rings. The van der Waals surface area contributed by atoms with Gasteiger partial charge in [-0.05, 0) is 43.9 Å². The van der Waals surface area contributed by atoms with Gasteiger partial charge in [-0.25, -0.2) is 0 Å². The number of carbonyl (C=O) groups is 1. The van der Waals surface area contributed by atoms with Gasteiger partial charge in [0.1, 0.15) is 0 Å². The zero-order valence-corrected chi connectivity index (χ0v) is 12.5. The van der Waals surface area contributed by atoms with Gasteiger partial charge in [0.2, 0.25) is 0 Å². The lowest BCUT2D eigenvalue weighted by Crippen LogP contribution is -2.36. The van der Waals surface area contributed by atoms with Crippen LogP contribution in [0.2, 0.25) is 5.02 Å². The Labute approximate surface area is 125 Å². The monoisotopic (exact) mass is 299 g/mol. The van der Waals surface area contributed by atoms with Gasteiger partial charge in [-0.2, -0.15) is 0 Å². The fourth-order valence-electron chi connectivity index (χ4n) is 1.96. The Bertz CT molecular complexity index is 395. The third kappa shape index (κ3) is 6.89. The normalized spacial score (nSPS) is 12.2. The third-order valence-electron chi connectivity index (χ3n) is 2.95. The highest BCUT2D eigenvalue weighted by Crippen LogP contribution is 2.12. The average Bonchev–Trinajstić information content (AvgIpc) is 2.44. The SMILES string of the molecule is CCOC(=O)CNC(CCCO)Cc1ccc(Cl)cc1. The molecule has 0 aliphatic rings. The first-order valence-corrected chi connectivity index (χ1v) is 7.27. The van der Waals surface area contributed by atoms with Crippen LogP contribution in [0, 0.1) is 0 Å². The molecule has 1 unspecified atom stereocenters. The fourth-order valence-corrected chi connectivity index (χ4v) is 2.08. The van der Waals surface area contributed by atoms with Gasteiger partial charge in [0.25, 0.3) is 0 Å². The van der Waals surface area contributed by atoms with E-state index in [1.54, 1.807) is 6.92 Å². The number of nitrogens with one attached hydrogen (secondary N) is 1. The highest BCUT2D eigenvalue weighted by molar-refractivity contribution is 6.30. The molecule has 0 spiro atoms. The second-order valence-electron chi connectivity index (χ2n) is 4.58. The Morgan fingerprint density at radius 2 is 2.10 bits per heavy atom. The molecular weight excluding hydrogens is 278 g/mol. The van der Waals surface area contributed by atoms with E-state index in [4.69, 9.17) is 21.4 Å². The van der Waals surface area contributed by atoms with Gasteiger partial charge in [0, 0.05) is 17.7 Å². The summed E-state index contributed by atoms with van der Waals surface area (Å²) in [5.41, 5.74) is 1.15. The number of esters is 1. The summed E-state index contributed by atoms with van der Waals surface area (Å²) in [5, 5.41) is 12.8. The number of hydrogen-bond donors (Lipinski definition) is 2. The van der Waals surface area contributed by atoms with Crippen molar-refractivity contribution in [2.75, 3.05) is 19.8 Å². The maximum Gasteiger partial charge on any atom is 0.319 e. The van der Waals surface area contributed by atoms with Crippen molar-refractivity contribution in [3.8, 4) is 0 Å². The van der Waals surface area contributed by atoms with Crippen LogP contribution < -0.4 is 5.32 Å². The predicted molar refractivity (Wildman–Crippen MR) is 79.9 cm³/mol. The molecule has 20 heavy (non-hydrogen) atoms. The molecule has 5 heteroatoms. The van der Waals surface area contributed by atoms with E-state index in [1.165, 1.54) is 0 Å². The van der Waals surface area contributed by atoms with Gasteiger partial charge in [-0.3, -0.25) is 4.79 Å². The number of benzene rings is 1. The van der Waals surface area contributed by atoms with E-state index in [0.29, 0.717) is 18.1 Å². The van der Waals surface area contributed by atoms with Crippen LogP contribution in [-0.4, -0.2) is 36.9 Å². The minimum absolute atomic E-state index is 0.132. The van der Waals surface area contributed by atoms with Gasteiger partial charge in [0.05, 0.1) is 13.2 Å². The first kappa shape index (κ1) is 17.0. The van der Waals surface area contributed by atoms with Crippen LogP contribution in [0.25, 0.3) is 0 Å². The number of carbonyl (C=O) groups excluding carboxylic acids is 1. The van der Waals surface area contributed by atoms with Crippen molar-refractivity contribution in [3.05, 3.63) is 34.9 Å². The van der Waals surface area contributed by atoms with Crippen molar-refractivity contribution in [1.29, 1.82) is 0 Å². The van der Waals surface area contributed by atoms with Crippen molar-refractivity contribution < 1.29 is 14.6 Å². The molecule has 1 aromatic carbocycles. The Morgan fingerprint density at radius 1 is 1.40 bits per heavy atom. The van der Waals surface area contributed by atoms with Crippen molar-refractivity contribution in [3.63, 3.8) is 0 Å². The first-order valence-electron chi connectivity index (χ1n) is 6.90. The second-order valence-corrected chi connectivity index (χ2v) is 5.02. The molecule has 0 radical (unpaired) electrons. The van der Waals surface area contributed by atoms with Crippen molar-refractivity contribution in [2.24, 2.45) is 0 Å².